The highest BCUT2D eigenvalue weighted by atomic mass is 35.5. The van der Waals surface area contributed by atoms with E-state index in [4.69, 9.17) is 16.3 Å². The van der Waals surface area contributed by atoms with E-state index in [9.17, 15) is 18.0 Å². The average Bonchev–Trinajstić information content (AvgIpc) is 2.66. The number of methoxy groups -OCH3 is 1. The molecule has 0 aliphatic heterocycles. The molecule has 0 aromatic heterocycles. The molecule has 0 aliphatic rings. The van der Waals surface area contributed by atoms with Crippen molar-refractivity contribution in [3.8, 4) is 5.75 Å². The molecule has 8 nitrogen and oxygen atoms in total. The third-order valence-corrected chi connectivity index (χ3v) is 5.32. The molecular weight excluding hydrogens is 394 g/mol. The molecule has 3 N–H and O–H groups in total. The Morgan fingerprint density at radius 3 is 2.48 bits per heavy atom. The molecule has 0 fully saturated rings. The van der Waals surface area contributed by atoms with Gasteiger partial charge in [-0.1, -0.05) is 30.7 Å². The lowest BCUT2D eigenvalue weighted by molar-refractivity contribution is -0.121. The number of para-hydroxylation sites is 2. The predicted octanol–water partition coefficient (Wildman–Crippen LogP) is 2.32. The zero-order chi connectivity index (χ0) is 20.0. The monoisotopic (exact) mass is 411 g/mol. The number of nitrogens with one attached hydrogen (secondary N) is 3. The number of hydrazine groups is 1. The second kappa shape index (κ2) is 8.74. The van der Waals surface area contributed by atoms with E-state index in [-0.39, 0.29) is 33.5 Å². The fraction of sp³-hybridized carbons (Fsp3) is 0.176. The molecule has 0 heterocycles. The lowest BCUT2D eigenvalue weighted by Gasteiger charge is -2.13. The Kier molecular flexibility index (Phi) is 6.65. The number of carbonyl (C=O) groups excluding carboxylic acids is 2. The van der Waals surface area contributed by atoms with Gasteiger partial charge in [-0.15, -0.1) is 0 Å². The summed E-state index contributed by atoms with van der Waals surface area (Å²) in [6.45, 7) is 1.62. The van der Waals surface area contributed by atoms with Crippen molar-refractivity contribution in [2.24, 2.45) is 0 Å². The molecule has 2 aromatic carbocycles. The van der Waals surface area contributed by atoms with Crippen LogP contribution in [0.5, 0.6) is 5.75 Å². The Labute approximate surface area is 161 Å². The van der Waals surface area contributed by atoms with Crippen molar-refractivity contribution < 1.29 is 22.7 Å². The van der Waals surface area contributed by atoms with Gasteiger partial charge in [-0.3, -0.25) is 25.2 Å². The minimum absolute atomic E-state index is 0.0104. The molecule has 0 aliphatic carbocycles. The van der Waals surface area contributed by atoms with Crippen LogP contribution in [0.2, 0.25) is 5.02 Å². The SMILES string of the molecule is CCC(=O)NNC(=O)c1ccc(Cl)c(S(=O)(=O)Nc2ccccc2OC)c1. The Hall–Kier alpha value is -2.78. The summed E-state index contributed by atoms with van der Waals surface area (Å²) in [7, 11) is -2.69. The van der Waals surface area contributed by atoms with Crippen molar-refractivity contribution in [3.63, 3.8) is 0 Å². The van der Waals surface area contributed by atoms with Crippen LogP contribution in [0.25, 0.3) is 0 Å². The Bertz CT molecular complexity index is 963. The van der Waals surface area contributed by atoms with Crippen LogP contribution in [-0.2, 0) is 14.8 Å². The zero-order valence-electron chi connectivity index (χ0n) is 14.6. The summed E-state index contributed by atoms with van der Waals surface area (Å²) in [4.78, 5) is 23.0. The molecule has 0 atom stereocenters. The summed E-state index contributed by atoms with van der Waals surface area (Å²) in [6.07, 6.45) is 0.184. The Morgan fingerprint density at radius 2 is 1.81 bits per heavy atom. The van der Waals surface area contributed by atoms with E-state index < -0.39 is 15.9 Å². The molecule has 10 heteroatoms. The van der Waals surface area contributed by atoms with Gasteiger partial charge in [0.15, 0.2) is 0 Å². The lowest BCUT2D eigenvalue weighted by Crippen LogP contribution is -2.41. The molecule has 2 rings (SSSR count). The standard InChI is InChI=1S/C17H18ClN3O5S/c1-3-16(22)19-20-17(23)11-8-9-12(18)15(10-11)27(24,25)21-13-6-4-5-7-14(13)26-2/h4-10,21H,3H2,1-2H3,(H,19,22)(H,20,23). The summed E-state index contributed by atoms with van der Waals surface area (Å²) in [5.74, 6) is -0.737. The fourth-order valence-corrected chi connectivity index (χ4v) is 3.66. The zero-order valence-corrected chi connectivity index (χ0v) is 16.1. The maximum atomic E-state index is 12.7. The van der Waals surface area contributed by atoms with Crippen LogP contribution in [0.4, 0.5) is 5.69 Å². The number of ether oxygens (including phenoxy) is 1. The number of halogens is 1. The number of benzene rings is 2. The van der Waals surface area contributed by atoms with E-state index in [2.05, 4.69) is 15.6 Å². The van der Waals surface area contributed by atoms with Gasteiger partial charge in [0, 0.05) is 12.0 Å². The molecule has 0 saturated heterocycles. The van der Waals surface area contributed by atoms with Gasteiger partial charge in [0.2, 0.25) is 5.91 Å². The number of hydrogen-bond donors (Lipinski definition) is 3. The van der Waals surface area contributed by atoms with Gasteiger partial charge in [-0.25, -0.2) is 8.42 Å². The molecule has 0 unspecified atom stereocenters. The lowest BCUT2D eigenvalue weighted by atomic mass is 10.2. The van der Waals surface area contributed by atoms with Crippen molar-refractivity contribution in [3.05, 3.63) is 53.1 Å². The number of sulfonamides is 1. The largest absolute Gasteiger partial charge is 0.495 e. The van der Waals surface area contributed by atoms with Crippen molar-refractivity contribution in [1.82, 2.24) is 10.9 Å². The van der Waals surface area contributed by atoms with E-state index in [0.717, 1.165) is 6.07 Å². The van der Waals surface area contributed by atoms with Crippen LogP contribution in [-0.4, -0.2) is 27.3 Å². The van der Waals surface area contributed by atoms with Gasteiger partial charge < -0.3 is 4.74 Å². The minimum atomic E-state index is -4.10. The predicted molar refractivity (Wildman–Crippen MR) is 101 cm³/mol. The van der Waals surface area contributed by atoms with Crippen molar-refractivity contribution in [1.29, 1.82) is 0 Å². The highest BCUT2D eigenvalue weighted by Crippen LogP contribution is 2.29. The molecule has 0 spiro atoms. The number of anilines is 1. The molecule has 144 valence electrons. The molecule has 27 heavy (non-hydrogen) atoms. The molecule has 2 amide bonds. The quantitative estimate of drug-likeness (QED) is 0.631. The first-order valence-corrected chi connectivity index (χ1v) is 9.69. The summed E-state index contributed by atoms with van der Waals surface area (Å²) in [6, 6.07) is 10.2. The summed E-state index contributed by atoms with van der Waals surface area (Å²) >= 11 is 6.02. The normalized spacial score (nSPS) is 10.8. The van der Waals surface area contributed by atoms with E-state index in [1.54, 1.807) is 25.1 Å². The third kappa shape index (κ3) is 5.11. The molecule has 0 bridgehead atoms. The van der Waals surface area contributed by atoms with Crippen LogP contribution in [0.3, 0.4) is 0 Å². The van der Waals surface area contributed by atoms with Gasteiger partial charge in [0.1, 0.15) is 10.6 Å². The van der Waals surface area contributed by atoms with E-state index in [0.29, 0.717) is 5.75 Å². The van der Waals surface area contributed by atoms with E-state index in [1.165, 1.54) is 25.3 Å². The third-order valence-electron chi connectivity index (χ3n) is 3.47. The van der Waals surface area contributed by atoms with Gasteiger partial charge in [-0.2, -0.15) is 0 Å². The van der Waals surface area contributed by atoms with Crippen molar-refractivity contribution >= 4 is 39.1 Å². The maximum Gasteiger partial charge on any atom is 0.269 e. The first-order chi connectivity index (χ1) is 12.8. The van der Waals surface area contributed by atoms with Crippen LogP contribution in [0.1, 0.15) is 23.7 Å². The highest BCUT2D eigenvalue weighted by molar-refractivity contribution is 7.92. The number of rotatable bonds is 6. The smallest absolute Gasteiger partial charge is 0.269 e. The molecule has 0 radical (unpaired) electrons. The van der Waals surface area contributed by atoms with Crippen LogP contribution >= 0.6 is 11.6 Å². The molecule has 0 saturated carbocycles. The Morgan fingerprint density at radius 1 is 1.11 bits per heavy atom. The second-order valence-corrected chi connectivity index (χ2v) is 7.36. The number of amides is 2. The van der Waals surface area contributed by atoms with Crippen LogP contribution in [0, 0.1) is 0 Å². The van der Waals surface area contributed by atoms with Gasteiger partial charge in [0.25, 0.3) is 15.9 Å². The van der Waals surface area contributed by atoms with Crippen molar-refractivity contribution in [2.75, 3.05) is 11.8 Å². The highest BCUT2D eigenvalue weighted by Gasteiger charge is 2.22. The fourth-order valence-electron chi connectivity index (χ4n) is 2.07. The topological polar surface area (TPSA) is 114 Å². The van der Waals surface area contributed by atoms with E-state index in [1.807, 2.05) is 0 Å². The summed E-state index contributed by atoms with van der Waals surface area (Å²) < 4.78 is 33.0. The second-order valence-electron chi connectivity index (χ2n) is 5.31. The molecule has 2 aromatic rings. The van der Waals surface area contributed by atoms with Crippen LogP contribution < -0.4 is 20.3 Å². The van der Waals surface area contributed by atoms with Crippen molar-refractivity contribution in [2.45, 2.75) is 18.2 Å². The first kappa shape index (κ1) is 20.5. The summed E-state index contributed by atoms with van der Waals surface area (Å²) in [5, 5.41) is -0.0634. The number of carbonyl (C=O) groups is 2. The Balaban J connectivity index is 2.31. The maximum absolute atomic E-state index is 12.7. The number of hydrogen-bond acceptors (Lipinski definition) is 5. The minimum Gasteiger partial charge on any atom is -0.495 e. The van der Waals surface area contributed by atoms with Gasteiger partial charge >= 0.3 is 0 Å². The average molecular weight is 412 g/mol. The van der Waals surface area contributed by atoms with Crippen LogP contribution in [0.15, 0.2) is 47.4 Å². The molecular formula is C17H18ClN3O5S. The first-order valence-electron chi connectivity index (χ1n) is 7.83. The van der Waals surface area contributed by atoms with Gasteiger partial charge in [0.05, 0.1) is 17.8 Å². The van der Waals surface area contributed by atoms with Gasteiger partial charge in [-0.05, 0) is 30.3 Å². The summed E-state index contributed by atoms with van der Waals surface area (Å²) in [5.41, 5.74) is 4.64. The van der Waals surface area contributed by atoms with E-state index >= 15 is 0 Å².